The largest absolute Gasteiger partial charge is 0.461 e. The van der Waals surface area contributed by atoms with E-state index in [2.05, 4.69) is 19.9 Å². The third-order valence-electron chi connectivity index (χ3n) is 6.87. The maximum Gasteiger partial charge on any atom is 0.316 e. The Bertz CT molecular complexity index is 1210. The van der Waals surface area contributed by atoms with Crippen LogP contribution in [0.5, 0.6) is 6.01 Å². The van der Waals surface area contributed by atoms with Crippen LogP contribution in [0.2, 0.25) is 5.02 Å². The molecule has 5 nitrogen and oxygen atoms in total. The van der Waals surface area contributed by atoms with E-state index in [1.165, 1.54) is 13.8 Å². The van der Waals surface area contributed by atoms with E-state index in [9.17, 15) is 4.39 Å². The van der Waals surface area contributed by atoms with Gasteiger partial charge in [-0.05, 0) is 57.9 Å². The fourth-order valence-electron chi connectivity index (χ4n) is 5.40. The first-order valence-electron chi connectivity index (χ1n) is 11.3. The van der Waals surface area contributed by atoms with Crippen LogP contribution in [0.4, 0.5) is 8.78 Å². The highest BCUT2D eigenvalue weighted by Gasteiger charge is 2.49. The maximum atomic E-state index is 15.7. The van der Waals surface area contributed by atoms with Crippen molar-refractivity contribution in [3.63, 3.8) is 0 Å². The monoisotopic (exact) mass is 472 g/mol. The molecule has 0 spiro atoms. The van der Waals surface area contributed by atoms with E-state index in [1.54, 1.807) is 18.5 Å². The number of aryl methyl sites for hydroxylation is 1. The van der Waals surface area contributed by atoms with Crippen LogP contribution >= 0.6 is 11.6 Å². The van der Waals surface area contributed by atoms with Crippen molar-refractivity contribution >= 4 is 22.5 Å². The number of nitrogens with zero attached hydrogens (tertiary/aromatic N) is 4. The summed E-state index contributed by atoms with van der Waals surface area (Å²) in [5.41, 5.74) is 0.759. The Morgan fingerprint density at radius 3 is 2.91 bits per heavy atom. The molecule has 174 valence electrons. The first kappa shape index (κ1) is 22.4. The molecule has 5 rings (SSSR count). The van der Waals surface area contributed by atoms with Gasteiger partial charge >= 0.3 is 6.01 Å². The van der Waals surface area contributed by atoms with E-state index < -0.39 is 11.8 Å². The van der Waals surface area contributed by atoms with Gasteiger partial charge in [0, 0.05) is 41.9 Å². The molecule has 0 radical (unpaired) electrons. The van der Waals surface area contributed by atoms with Crippen molar-refractivity contribution in [2.24, 2.45) is 0 Å². The first-order chi connectivity index (χ1) is 15.7. The second kappa shape index (κ2) is 8.13. The van der Waals surface area contributed by atoms with Crippen molar-refractivity contribution in [1.82, 2.24) is 19.9 Å². The highest BCUT2D eigenvalue weighted by atomic mass is 35.5. The van der Waals surface area contributed by atoms with Gasteiger partial charge in [-0.2, -0.15) is 4.98 Å². The molecule has 1 aromatic carbocycles. The van der Waals surface area contributed by atoms with Crippen molar-refractivity contribution in [3.05, 3.63) is 46.7 Å². The molecular formula is C25H27ClF2N4O. The van der Waals surface area contributed by atoms with Crippen molar-refractivity contribution in [1.29, 1.82) is 0 Å². The molecule has 2 aromatic heterocycles. The van der Waals surface area contributed by atoms with Gasteiger partial charge in [-0.25, -0.2) is 13.8 Å². The molecule has 4 heterocycles. The molecule has 0 amide bonds. The number of ether oxygens (including phenoxy) is 1. The maximum absolute atomic E-state index is 15.7. The molecule has 8 heteroatoms. The van der Waals surface area contributed by atoms with Gasteiger partial charge in [0.2, 0.25) is 0 Å². The number of rotatable bonds is 5. The lowest BCUT2D eigenvalue weighted by molar-refractivity contribution is 0.107. The van der Waals surface area contributed by atoms with Crippen LogP contribution in [-0.2, 0) is 5.67 Å². The SMILES string of the molecule is Cc1cccnc1-c1c(Cl)cc2cnc(OCC34CCCN3CC(F)C4)nc2c1C(C)(C)F. The summed E-state index contributed by atoms with van der Waals surface area (Å²) in [5, 5.41) is 1.01. The number of halogens is 3. The van der Waals surface area contributed by atoms with Crippen LogP contribution in [0, 0.1) is 6.92 Å². The topological polar surface area (TPSA) is 51.1 Å². The summed E-state index contributed by atoms with van der Waals surface area (Å²) in [4.78, 5) is 15.6. The summed E-state index contributed by atoms with van der Waals surface area (Å²) >= 11 is 6.65. The van der Waals surface area contributed by atoms with Crippen LogP contribution in [0.1, 0.15) is 44.2 Å². The number of benzene rings is 1. The van der Waals surface area contributed by atoms with Crippen molar-refractivity contribution < 1.29 is 13.5 Å². The smallest absolute Gasteiger partial charge is 0.316 e. The quantitative estimate of drug-likeness (QED) is 0.468. The zero-order chi connectivity index (χ0) is 23.4. The molecule has 2 aliphatic heterocycles. The summed E-state index contributed by atoms with van der Waals surface area (Å²) in [7, 11) is 0. The molecule has 2 aliphatic rings. The molecule has 3 aromatic rings. The van der Waals surface area contributed by atoms with Gasteiger partial charge in [-0.1, -0.05) is 17.7 Å². The highest BCUT2D eigenvalue weighted by Crippen LogP contribution is 2.44. The van der Waals surface area contributed by atoms with Crippen molar-refractivity contribution in [2.45, 2.75) is 57.4 Å². The molecular weight excluding hydrogens is 446 g/mol. The van der Waals surface area contributed by atoms with Crippen molar-refractivity contribution in [2.75, 3.05) is 19.7 Å². The molecule has 0 N–H and O–H groups in total. The number of pyridine rings is 1. The molecule has 33 heavy (non-hydrogen) atoms. The predicted molar refractivity (Wildman–Crippen MR) is 125 cm³/mol. The van der Waals surface area contributed by atoms with Gasteiger partial charge in [0.25, 0.3) is 0 Å². The van der Waals surface area contributed by atoms with Gasteiger partial charge in [-0.15, -0.1) is 0 Å². The van der Waals surface area contributed by atoms with Crippen LogP contribution in [0.3, 0.4) is 0 Å². The molecule has 0 aliphatic carbocycles. The second-order valence-corrected chi connectivity index (χ2v) is 10.1. The summed E-state index contributed by atoms with van der Waals surface area (Å²) in [6, 6.07) is 5.64. The van der Waals surface area contributed by atoms with Gasteiger partial charge in [-0.3, -0.25) is 9.88 Å². The van der Waals surface area contributed by atoms with E-state index in [0.717, 1.165) is 24.9 Å². The van der Waals surface area contributed by atoms with E-state index in [1.807, 2.05) is 19.1 Å². The summed E-state index contributed by atoms with van der Waals surface area (Å²) in [6.45, 7) is 6.53. The van der Waals surface area contributed by atoms with Crippen LogP contribution in [-0.4, -0.2) is 51.3 Å². The summed E-state index contributed by atoms with van der Waals surface area (Å²) in [5.74, 6) is 0. The molecule has 2 unspecified atom stereocenters. The standard InChI is InChI=1S/C25H27ClF2N4O/c1-15-6-4-8-29-21(15)19-18(26)10-16-12-30-23(31-22(16)20(19)24(2,3)28)33-14-25-7-5-9-32(25)13-17(27)11-25/h4,6,8,10,12,17H,5,7,9,11,13-14H2,1-3H3. The van der Waals surface area contributed by atoms with Crippen LogP contribution in [0.25, 0.3) is 22.2 Å². The van der Waals surface area contributed by atoms with E-state index in [-0.39, 0.29) is 11.5 Å². The predicted octanol–water partition coefficient (Wildman–Crippen LogP) is 5.81. The minimum atomic E-state index is -1.75. The summed E-state index contributed by atoms with van der Waals surface area (Å²) in [6.07, 6.45) is 4.81. The lowest BCUT2D eigenvalue weighted by atomic mass is 9.89. The van der Waals surface area contributed by atoms with Gasteiger partial charge in [0.15, 0.2) is 0 Å². The minimum absolute atomic E-state index is 0.155. The third kappa shape index (κ3) is 3.95. The molecule has 2 fully saturated rings. The van der Waals surface area contributed by atoms with Gasteiger partial charge in [0.05, 0.1) is 21.8 Å². The number of alkyl halides is 2. The Morgan fingerprint density at radius 2 is 2.15 bits per heavy atom. The lowest BCUT2D eigenvalue weighted by Gasteiger charge is -2.30. The summed E-state index contributed by atoms with van der Waals surface area (Å²) < 4.78 is 35.8. The number of aromatic nitrogens is 3. The average Bonchev–Trinajstić information content (AvgIpc) is 3.27. The van der Waals surface area contributed by atoms with Gasteiger partial charge < -0.3 is 4.74 Å². The van der Waals surface area contributed by atoms with Crippen molar-refractivity contribution in [3.8, 4) is 17.3 Å². The zero-order valence-electron chi connectivity index (χ0n) is 19.0. The number of hydrogen-bond acceptors (Lipinski definition) is 5. The van der Waals surface area contributed by atoms with Crippen LogP contribution < -0.4 is 4.74 Å². The van der Waals surface area contributed by atoms with Crippen LogP contribution in [0.15, 0.2) is 30.6 Å². The zero-order valence-corrected chi connectivity index (χ0v) is 19.8. The Labute approximate surface area is 197 Å². The first-order valence-corrected chi connectivity index (χ1v) is 11.7. The Hall–Kier alpha value is -2.38. The second-order valence-electron chi connectivity index (χ2n) is 9.70. The molecule has 0 bridgehead atoms. The third-order valence-corrected chi connectivity index (χ3v) is 7.17. The average molecular weight is 473 g/mol. The molecule has 2 atom stereocenters. The Balaban J connectivity index is 1.59. The van der Waals surface area contributed by atoms with E-state index in [0.29, 0.717) is 52.3 Å². The van der Waals surface area contributed by atoms with E-state index >= 15 is 4.39 Å². The lowest BCUT2D eigenvalue weighted by Crippen LogP contribution is -2.43. The normalized spacial score (nSPS) is 23.3. The minimum Gasteiger partial charge on any atom is -0.461 e. The number of hydrogen-bond donors (Lipinski definition) is 0. The molecule has 0 saturated carbocycles. The fourth-order valence-corrected chi connectivity index (χ4v) is 5.70. The number of fused-ring (bicyclic) bond motifs is 2. The highest BCUT2D eigenvalue weighted by molar-refractivity contribution is 6.34. The Morgan fingerprint density at radius 1 is 1.33 bits per heavy atom. The van der Waals surface area contributed by atoms with Gasteiger partial charge in [0.1, 0.15) is 18.4 Å². The molecule has 2 saturated heterocycles. The fraction of sp³-hybridized carbons (Fsp3) is 0.480. The Kier molecular flexibility index (Phi) is 5.52. The van der Waals surface area contributed by atoms with E-state index in [4.69, 9.17) is 16.3 Å².